The first-order valence-electron chi connectivity index (χ1n) is 5.75. The van der Waals surface area contributed by atoms with Crippen molar-refractivity contribution >= 4 is 11.4 Å². The molecule has 2 rings (SSSR count). The maximum atomic E-state index is 12.8. The Morgan fingerprint density at radius 2 is 1.53 bits per heavy atom. The summed E-state index contributed by atoms with van der Waals surface area (Å²) in [4.78, 5) is 12.2. The zero-order valence-corrected chi connectivity index (χ0v) is 10.5. The molecular formula is C16H13FO2. The second kappa shape index (κ2) is 5.48. The van der Waals surface area contributed by atoms with E-state index in [1.807, 2.05) is 0 Å². The van der Waals surface area contributed by atoms with Crippen molar-refractivity contribution in [2.75, 3.05) is 7.11 Å². The molecule has 0 spiro atoms. The van der Waals surface area contributed by atoms with E-state index in [-0.39, 0.29) is 11.6 Å². The van der Waals surface area contributed by atoms with E-state index >= 15 is 0 Å². The highest BCUT2D eigenvalue weighted by molar-refractivity contribution is 6.28. The molecule has 0 amide bonds. The zero-order chi connectivity index (χ0) is 13.8. The summed E-state index contributed by atoms with van der Waals surface area (Å²) in [6, 6.07) is 12.5. The lowest BCUT2D eigenvalue weighted by atomic mass is 9.98. The standard InChI is InChI=1S/C16H13FO2/c1-11(12-3-7-14(17)8-4-12)16(18)13-5-9-15(19-2)10-6-13/h3-10H,1H2,2H3. The van der Waals surface area contributed by atoms with Crippen LogP contribution in [0.4, 0.5) is 4.39 Å². The minimum atomic E-state index is -0.339. The van der Waals surface area contributed by atoms with Gasteiger partial charge < -0.3 is 4.74 Å². The summed E-state index contributed by atoms with van der Waals surface area (Å²) < 4.78 is 17.9. The molecule has 0 aliphatic carbocycles. The number of allylic oxidation sites excluding steroid dienone is 1. The predicted octanol–water partition coefficient (Wildman–Crippen LogP) is 3.73. The first-order valence-corrected chi connectivity index (χ1v) is 5.75. The van der Waals surface area contributed by atoms with Crippen LogP contribution in [0.3, 0.4) is 0 Å². The Kier molecular flexibility index (Phi) is 3.76. The molecule has 0 heterocycles. The molecule has 0 saturated carbocycles. The largest absolute Gasteiger partial charge is 0.497 e. The van der Waals surface area contributed by atoms with Gasteiger partial charge in [0.15, 0.2) is 5.78 Å². The molecule has 0 bridgehead atoms. The Morgan fingerprint density at radius 3 is 2.05 bits per heavy atom. The fourth-order valence-electron chi connectivity index (χ4n) is 1.70. The molecule has 0 saturated heterocycles. The van der Waals surface area contributed by atoms with E-state index in [4.69, 9.17) is 4.74 Å². The van der Waals surface area contributed by atoms with Crippen LogP contribution in [-0.4, -0.2) is 12.9 Å². The Balaban J connectivity index is 2.23. The maximum Gasteiger partial charge on any atom is 0.193 e. The van der Waals surface area contributed by atoms with Gasteiger partial charge in [-0.3, -0.25) is 4.79 Å². The van der Waals surface area contributed by atoms with Crippen molar-refractivity contribution in [3.63, 3.8) is 0 Å². The quantitative estimate of drug-likeness (QED) is 0.615. The average molecular weight is 256 g/mol. The second-order valence-corrected chi connectivity index (χ2v) is 4.04. The van der Waals surface area contributed by atoms with Crippen LogP contribution in [0.1, 0.15) is 15.9 Å². The highest BCUT2D eigenvalue weighted by Crippen LogP contribution is 2.20. The minimum Gasteiger partial charge on any atom is -0.497 e. The third kappa shape index (κ3) is 2.88. The normalized spacial score (nSPS) is 10.0. The highest BCUT2D eigenvalue weighted by Gasteiger charge is 2.12. The van der Waals surface area contributed by atoms with Crippen molar-refractivity contribution in [2.45, 2.75) is 0 Å². The summed E-state index contributed by atoms with van der Waals surface area (Å²) in [7, 11) is 1.56. The molecule has 2 nitrogen and oxygen atoms in total. The fourth-order valence-corrected chi connectivity index (χ4v) is 1.70. The van der Waals surface area contributed by atoms with Crippen molar-refractivity contribution in [1.82, 2.24) is 0 Å². The van der Waals surface area contributed by atoms with Crippen molar-refractivity contribution in [1.29, 1.82) is 0 Å². The van der Waals surface area contributed by atoms with Gasteiger partial charge in [0.05, 0.1) is 7.11 Å². The Hall–Kier alpha value is -2.42. The fraction of sp³-hybridized carbons (Fsp3) is 0.0625. The molecule has 19 heavy (non-hydrogen) atoms. The summed E-state index contributed by atoms with van der Waals surface area (Å²) in [6.07, 6.45) is 0. The van der Waals surface area contributed by atoms with Crippen LogP contribution in [0.25, 0.3) is 5.57 Å². The van der Waals surface area contributed by atoms with Gasteiger partial charge >= 0.3 is 0 Å². The summed E-state index contributed by atoms with van der Waals surface area (Å²) >= 11 is 0. The van der Waals surface area contributed by atoms with Crippen LogP contribution >= 0.6 is 0 Å². The van der Waals surface area contributed by atoms with Gasteiger partial charge in [0, 0.05) is 11.1 Å². The van der Waals surface area contributed by atoms with Gasteiger partial charge in [0.2, 0.25) is 0 Å². The highest BCUT2D eigenvalue weighted by atomic mass is 19.1. The number of carbonyl (C=O) groups is 1. The van der Waals surface area contributed by atoms with Gasteiger partial charge in [-0.05, 0) is 42.0 Å². The molecule has 0 aliphatic rings. The molecular weight excluding hydrogens is 243 g/mol. The van der Waals surface area contributed by atoms with Gasteiger partial charge in [-0.1, -0.05) is 18.7 Å². The molecule has 0 atom stereocenters. The summed E-state index contributed by atoms with van der Waals surface area (Å²) in [6.45, 7) is 3.77. The first-order chi connectivity index (χ1) is 9.11. The first kappa shape index (κ1) is 13.0. The predicted molar refractivity (Wildman–Crippen MR) is 72.8 cm³/mol. The smallest absolute Gasteiger partial charge is 0.193 e. The summed E-state index contributed by atoms with van der Waals surface area (Å²) in [5.74, 6) is 0.159. The lowest BCUT2D eigenvalue weighted by Crippen LogP contribution is -2.01. The molecule has 0 aliphatic heterocycles. The lowest BCUT2D eigenvalue weighted by Gasteiger charge is -2.06. The molecule has 0 radical (unpaired) electrons. The van der Waals surface area contributed by atoms with E-state index in [0.717, 1.165) is 0 Å². The van der Waals surface area contributed by atoms with E-state index in [2.05, 4.69) is 6.58 Å². The number of methoxy groups -OCH3 is 1. The summed E-state index contributed by atoms with van der Waals surface area (Å²) in [5, 5.41) is 0. The summed E-state index contributed by atoms with van der Waals surface area (Å²) in [5.41, 5.74) is 1.47. The van der Waals surface area contributed by atoms with Crippen LogP contribution in [0.2, 0.25) is 0 Å². The number of halogens is 1. The Morgan fingerprint density at radius 1 is 1.00 bits per heavy atom. The van der Waals surface area contributed by atoms with E-state index in [0.29, 0.717) is 22.4 Å². The van der Waals surface area contributed by atoms with Crippen molar-refractivity contribution in [3.05, 3.63) is 72.1 Å². The topological polar surface area (TPSA) is 26.3 Å². The van der Waals surface area contributed by atoms with Crippen molar-refractivity contribution in [3.8, 4) is 5.75 Å². The molecule has 0 N–H and O–H groups in total. The SMILES string of the molecule is C=C(C(=O)c1ccc(OC)cc1)c1ccc(F)cc1. The van der Waals surface area contributed by atoms with Gasteiger partial charge in [-0.25, -0.2) is 4.39 Å². The van der Waals surface area contributed by atoms with E-state index in [1.54, 1.807) is 43.5 Å². The number of hydrogen-bond donors (Lipinski definition) is 0. The van der Waals surface area contributed by atoms with Crippen LogP contribution < -0.4 is 4.74 Å². The number of Topliss-reactive ketones (excluding diaryl/α,β-unsaturated/α-hetero) is 1. The Labute approximate surface area is 111 Å². The van der Waals surface area contributed by atoms with Crippen LogP contribution in [0.5, 0.6) is 5.75 Å². The molecule has 0 fully saturated rings. The molecule has 0 unspecified atom stereocenters. The number of carbonyl (C=O) groups excluding carboxylic acids is 1. The molecule has 0 aromatic heterocycles. The monoisotopic (exact) mass is 256 g/mol. The number of ketones is 1. The van der Waals surface area contributed by atoms with Gasteiger partial charge in [-0.2, -0.15) is 0 Å². The van der Waals surface area contributed by atoms with Crippen molar-refractivity contribution < 1.29 is 13.9 Å². The van der Waals surface area contributed by atoms with Gasteiger partial charge in [-0.15, -0.1) is 0 Å². The lowest BCUT2D eigenvalue weighted by molar-refractivity contribution is 0.105. The Bertz CT molecular complexity index is 598. The van der Waals surface area contributed by atoms with Gasteiger partial charge in [0.1, 0.15) is 11.6 Å². The molecule has 2 aromatic carbocycles. The number of ether oxygens (including phenoxy) is 1. The molecule has 2 aromatic rings. The average Bonchev–Trinajstić information content (AvgIpc) is 2.46. The van der Waals surface area contributed by atoms with Crippen LogP contribution in [0, 0.1) is 5.82 Å². The third-order valence-corrected chi connectivity index (χ3v) is 2.82. The number of benzene rings is 2. The third-order valence-electron chi connectivity index (χ3n) is 2.82. The second-order valence-electron chi connectivity index (χ2n) is 4.04. The van der Waals surface area contributed by atoms with E-state index in [1.165, 1.54) is 12.1 Å². The number of rotatable bonds is 4. The van der Waals surface area contributed by atoms with Gasteiger partial charge in [0.25, 0.3) is 0 Å². The van der Waals surface area contributed by atoms with Crippen LogP contribution in [0.15, 0.2) is 55.1 Å². The molecule has 96 valence electrons. The molecule has 3 heteroatoms. The van der Waals surface area contributed by atoms with Crippen molar-refractivity contribution in [2.24, 2.45) is 0 Å². The number of hydrogen-bond acceptors (Lipinski definition) is 2. The minimum absolute atomic E-state index is 0.186. The van der Waals surface area contributed by atoms with E-state index < -0.39 is 0 Å². The van der Waals surface area contributed by atoms with E-state index in [9.17, 15) is 9.18 Å². The maximum absolute atomic E-state index is 12.8. The zero-order valence-electron chi connectivity index (χ0n) is 10.5. The van der Waals surface area contributed by atoms with Crippen LogP contribution in [-0.2, 0) is 0 Å².